The van der Waals surface area contributed by atoms with Crippen molar-refractivity contribution in [3.8, 4) is 0 Å². The molecule has 0 aliphatic rings. The number of anilines is 2. The fourth-order valence-corrected chi connectivity index (χ4v) is 6.14. The fraction of sp³-hybridized carbons (Fsp3) is 0.0541. The zero-order valence-corrected chi connectivity index (χ0v) is 27.0. The lowest BCUT2D eigenvalue weighted by Gasteiger charge is -2.18. The molecule has 3 N–H and O–H groups in total. The molecule has 1 unspecified atom stereocenters. The van der Waals surface area contributed by atoms with Gasteiger partial charge in [-0.1, -0.05) is 96.0 Å². The van der Waals surface area contributed by atoms with Crippen molar-refractivity contribution in [2.24, 2.45) is 0 Å². The summed E-state index contributed by atoms with van der Waals surface area (Å²) in [5.41, 5.74) is 3.75. The predicted molar refractivity (Wildman–Crippen MR) is 188 cm³/mol. The van der Waals surface area contributed by atoms with Gasteiger partial charge >= 0.3 is 0 Å². The molecule has 6 nitrogen and oxygen atoms in total. The van der Waals surface area contributed by atoms with Crippen LogP contribution in [0.15, 0.2) is 138 Å². The Balaban J connectivity index is 1.40. The summed E-state index contributed by atoms with van der Waals surface area (Å²) in [6.45, 7) is 1.97. The first-order valence-electron chi connectivity index (χ1n) is 14.3. The molecule has 230 valence electrons. The van der Waals surface area contributed by atoms with Gasteiger partial charge in [0.05, 0.1) is 0 Å². The molecule has 9 heteroatoms. The Labute approximate surface area is 281 Å². The van der Waals surface area contributed by atoms with Crippen LogP contribution in [0.1, 0.15) is 32.3 Å². The molecule has 46 heavy (non-hydrogen) atoms. The van der Waals surface area contributed by atoms with Crippen molar-refractivity contribution in [1.82, 2.24) is 5.32 Å². The molecule has 0 fully saturated rings. The molecule has 5 aromatic carbocycles. The van der Waals surface area contributed by atoms with E-state index in [1.54, 1.807) is 66.7 Å². The summed E-state index contributed by atoms with van der Waals surface area (Å²) >= 11 is 14.1. The van der Waals surface area contributed by atoms with Crippen molar-refractivity contribution in [1.29, 1.82) is 0 Å². The van der Waals surface area contributed by atoms with E-state index in [0.717, 1.165) is 16.0 Å². The molecule has 5 rings (SSSR count). The number of thioether (sulfide) groups is 1. The minimum atomic E-state index is -0.584. The first-order valence-corrected chi connectivity index (χ1v) is 15.9. The van der Waals surface area contributed by atoms with E-state index in [9.17, 15) is 14.4 Å². The van der Waals surface area contributed by atoms with Gasteiger partial charge in [-0.25, -0.2) is 0 Å². The van der Waals surface area contributed by atoms with Gasteiger partial charge in [0.15, 0.2) is 0 Å². The average molecular weight is 667 g/mol. The maximum atomic E-state index is 13.6. The Kier molecular flexibility index (Phi) is 10.9. The summed E-state index contributed by atoms with van der Waals surface area (Å²) < 4.78 is 0. The molecule has 0 aromatic heterocycles. The zero-order valence-electron chi connectivity index (χ0n) is 24.7. The van der Waals surface area contributed by atoms with Crippen molar-refractivity contribution in [3.63, 3.8) is 0 Å². The Bertz CT molecular complexity index is 1880. The maximum absolute atomic E-state index is 13.6. The van der Waals surface area contributed by atoms with E-state index in [4.69, 9.17) is 23.2 Å². The summed E-state index contributed by atoms with van der Waals surface area (Å²) in [5.74, 6) is -1.24. The highest BCUT2D eigenvalue weighted by molar-refractivity contribution is 8.00. The topological polar surface area (TPSA) is 87.3 Å². The fourth-order valence-electron chi connectivity index (χ4n) is 4.55. The smallest absolute Gasteiger partial charge is 0.272 e. The molecule has 0 aliphatic heterocycles. The molecular formula is C37H29Cl2N3O3S. The van der Waals surface area contributed by atoms with Crippen LogP contribution >= 0.6 is 35.0 Å². The summed E-state index contributed by atoms with van der Waals surface area (Å²) in [6.07, 6.45) is 1.44. The molecule has 0 spiro atoms. The minimum Gasteiger partial charge on any atom is -0.325 e. The Morgan fingerprint density at radius 2 is 1.30 bits per heavy atom. The van der Waals surface area contributed by atoms with E-state index in [1.807, 2.05) is 67.6 Å². The van der Waals surface area contributed by atoms with E-state index < -0.39 is 17.1 Å². The van der Waals surface area contributed by atoms with Gasteiger partial charge in [0.25, 0.3) is 11.8 Å². The molecule has 0 aliphatic carbocycles. The number of carbonyl (C=O) groups excluding carboxylic acids is 3. The molecule has 1 atom stereocenters. The third-order valence-electron chi connectivity index (χ3n) is 6.79. The summed E-state index contributed by atoms with van der Waals surface area (Å²) in [6, 6.07) is 37.8. The van der Waals surface area contributed by atoms with Crippen molar-refractivity contribution < 1.29 is 14.4 Å². The third kappa shape index (κ3) is 8.67. The van der Waals surface area contributed by atoms with Crippen molar-refractivity contribution >= 4 is 70.1 Å². The van der Waals surface area contributed by atoms with Gasteiger partial charge in [-0.3, -0.25) is 14.4 Å². The number of benzene rings is 5. The maximum Gasteiger partial charge on any atom is 0.272 e. The second-order valence-corrected chi connectivity index (χ2v) is 12.3. The highest BCUT2D eigenvalue weighted by atomic mass is 35.5. The van der Waals surface area contributed by atoms with Crippen LogP contribution in [0.2, 0.25) is 10.0 Å². The monoisotopic (exact) mass is 665 g/mol. The standard InChI is InChI=1S/C37H29Cl2N3O3S/c1-24-11-8-16-27(21-24)41-37(45)34(25-12-4-2-5-13-25)46-29-18-9-17-28(22-29)40-36(44)33(23-30-31(38)19-10-20-32(30)39)42-35(43)26-14-6-3-7-15-26/h2-23,34H,1H3,(H,40,44)(H,41,45)(H,42,43)/b33-23+. The lowest BCUT2D eigenvalue weighted by atomic mass is 10.1. The average Bonchev–Trinajstić information content (AvgIpc) is 3.05. The Morgan fingerprint density at radius 3 is 1.98 bits per heavy atom. The van der Waals surface area contributed by atoms with Gasteiger partial charge in [0.2, 0.25) is 5.91 Å². The number of halogens is 2. The van der Waals surface area contributed by atoms with E-state index in [0.29, 0.717) is 32.5 Å². The third-order valence-corrected chi connectivity index (χ3v) is 8.70. The number of hydrogen-bond donors (Lipinski definition) is 3. The van der Waals surface area contributed by atoms with Crippen LogP contribution in [0.5, 0.6) is 0 Å². The van der Waals surface area contributed by atoms with Crippen molar-refractivity contribution in [2.75, 3.05) is 10.6 Å². The predicted octanol–water partition coefficient (Wildman–Crippen LogP) is 9.18. The van der Waals surface area contributed by atoms with Crippen LogP contribution in [-0.2, 0) is 9.59 Å². The van der Waals surface area contributed by atoms with Gasteiger partial charge in [-0.2, -0.15) is 0 Å². The SMILES string of the molecule is Cc1cccc(NC(=O)C(Sc2cccc(NC(=O)/C(=C\c3c(Cl)cccc3Cl)NC(=O)c3ccccc3)c2)c2ccccc2)c1. The number of hydrogen-bond acceptors (Lipinski definition) is 4. The number of carbonyl (C=O) groups is 3. The van der Waals surface area contributed by atoms with Crippen LogP contribution in [0, 0.1) is 6.92 Å². The molecule has 3 amide bonds. The van der Waals surface area contributed by atoms with Crippen LogP contribution < -0.4 is 16.0 Å². The van der Waals surface area contributed by atoms with Crippen LogP contribution in [0.3, 0.4) is 0 Å². The molecule has 0 saturated carbocycles. The van der Waals surface area contributed by atoms with Crippen LogP contribution in [0.25, 0.3) is 6.08 Å². The van der Waals surface area contributed by atoms with Gasteiger partial charge in [-0.15, -0.1) is 11.8 Å². The molecule has 0 saturated heterocycles. The minimum absolute atomic E-state index is 0.0541. The van der Waals surface area contributed by atoms with E-state index >= 15 is 0 Å². The molecule has 5 aromatic rings. The van der Waals surface area contributed by atoms with Gasteiger partial charge in [-0.05, 0) is 78.7 Å². The van der Waals surface area contributed by atoms with Gasteiger partial charge in [0.1, 0.15) is 10.9 Å². The summed E-state index contributed by atoms with van der Waals surface area (Å²) in [4.78, 5) is 41.0. The van der Waals surface area contributed by atoms with Crippen molar-refractivity contribution in [3.05, 3.63) is 165 Å². The largest absolute Gasteiger partial charge is 0.325 e. The number of rotatable bonds is 10. The second-order valence-electron chi connectivity index (χ2n) is 10.3. The molecule has 0 bridgehead atoms. The molecular weight excluding hydrogens is 637 g/mol. The highest BCUT2D eigenvalue weighted by Crippen LogP contribution is 2.37. The Hall–Kier alpha value is -4.82. The van der Waals surface area contributed by atoms with Gasteiger partial charge in [0, 0.05) is 37.4 Å². The van der Waals surface area contributed by atoms with E-state index in [1.165, 1.54) is 17.8 Å². The lowest BCUT2D eigenvalue weighted by molar-refractivity contribution is -0.116. The lowest BCUT2D eigenvalue weighted by Crippen LogP contribution is -2.30. The number of nitrogens with one attached hydrogen (secondary N) is 3. The summed E-state index contributed by atoms with van der Waals surface area (Å²) in [7, 11) is 0. The van der Waals surface area contributed by atoms with E-state index in [-0.39, 0.29) is 11.6 Å². The number of aryl methyl sites for hydroxylation is 1. The van der Waals surface area contributed by atoms with Crippen LogP contribution in [0.4, 0.5) is 11.4 Å². The Morgan fingerprint density at radius 1 is 0.696 bits per heavy atom. The highest BCUT2D eigenvalue weighted by Gasteiger charge is 2.23. The second kappa shape index (κ2) is 15.5. The quantitative estimate of drug-likeness (QED) is 0.103. The molecule has 0 heterocycles. The first-order chi connectivity index (χ1) is 22.3. The molecule has 0 radical (unpaired) electrons. The van der Waals surface area contributed by atoms with Gasteiger partial charge < -0.3 is 16.0 Å². The van der Waals surface area contributed by atoms with E-state index in [2.05, 4.69) is 16.0 Å². The number of amides is 3. The zero-order chi connectivity index (χ0) is 32.5. The van der Waals surface area contributed by atoms with Crippen LogP contribution in [-0.4, -0.2) is 17.7 Å². The normalized spacial score (nSPS) is 11.8. The summed E-state index contributed by atoms with van der Waals surface area (Å²) in [5, 5.41) is 8.66. The first kappa shape index (κ1) is 32.6. The van der Waals surface area contributed by atoms with Crippen molar-refractivity contribution in [2.45, 2.75) is 17.1 Å².